The lowest BCUT2D eigenvalue weighted by Gasteiger charge is -2.24. The van der Waals surface area contributed by atoms with E-state index in [9.17, 15) is 33.6 Å². The molecule has 1 heterocycles. The number of imidazole rings is 1. The molecule has 0 aliphatic heterocycles. The largest absolute Gasteiger partial charge is 0.481 e. The minimum Gasteiger partial charge on any atom is -0.481 e. The second-order valence-electron chi connectivity index (χ2n) is 7.35. The summed E-state index contributed by atoms with van der Waals surface area (Å²) >= 11 is 0. The molecule has 1 aromatic heterocycles. The first kappa shape index (κ1) is 28.5. The SMILES string of the molecule is NC(=O)CC(N)C(=O)NC(Cc1cnc[nH]1)C(=O)NC(CC(N)=O)C(=O)NC(CC(=O)O)C(=O)O. The van der Waals surface area contributed by atoms with Crippen LogP contribution in [0.5, 0.6) is 0 Å². The van der Waals surface area contributed by atoms with Gasteiger partial charge in [-0.05, 0) is 0 Å². The van der Waals surface area contributed by atoms with Crippen LogP contribution in [0.15, 0.2) is 12.5 Å². The fraction of sp³-hybridized carbons (Fsp3) is 0.444. The van der Waals surface area contributed by atoms with Gasteiger partial charge < -0.3 is 48.3 Å². The highest BCUT2D eigenvalue weighted by atomic mass is 16.4. The number of aliphatic carboxylic acids is 2. The van der Waals surface area contributed by atoms with E-state index in [0.717, 1.165) is 0 Å². The van der Waals surface area contributed by atoms with Crippen LogP contribution in [0.3, 0.4) is 0 Å². The van der Waals surface area contributed by atoms with E-state index in [1.165, 1.54) is 12.5 Å². The molecule has 17 heteroatoms. The van der Waals surface area contributed by atoms with E-state index in [4.69, 9.17) is 27.4 Å². The van der Waals surface area contributed by atoms with Crippen LogP contribution in [0.2, 0.25) is 0 Å². The maximum Gasteiger partial charge on any atom is 0.326 e. The van der Waals surface area contributed by atoms with Gasteiger partial charge in [0.25, 0.3) is 0 Å². The maximum atomic E-state index is 12.9. The van der Waals surface area contributed by atoms with E-state index in [1.807, 2.05) is 5.32 Å². The normalized spacial score (nSPS) is 14.0. The molecule has 0 spiro atoms. The van der Waals surface area contributed by atoms with Crippen LogP contribution in [0.4, 0.5) is 0 Å². The van der Waals surface area contributed by atoms with E-state index < -0.39 is 84.9 Å². The minimum absolute atomic E-state index is 0.192. The van der Waals surface area contributed by atoms with E-state index in [0.29, 0.717) is 5.69 Å². The first-order valence-corrected chi connectivity index (χ1v) is 9.95. The Kier molecular flexibility index (Phi) is 10.8. The van der Waals surface area contributed by atoms with Crippen molar-refractivity contribution in [1.29, 1.82) is 0 Å². The topological polar surface area (TPSA) is 303 Å². The summed E-state index contributed by atoms with van der Waals surface area (Å²) in [7, 11) is 0. The number of nitrogens with two attached hydrogens (primary N) is 3. The zero-order valence-electron chi connectivity index (χ0n) is 18.2. The molecule has 0 fully saturated rings. The van der Waals surface area contributed by atoms with Crippen molar-refractivity contribution in [2.45, 2.75) is 49.9 Å². The molecule has 0 aliphatic carbocycles. The predicted octanol–water partition coefficient (Wildman–Crippen LogP) is -4.96. The van der Waals surface area contributed by atoms with Crippen LogP contribution >= 0.6 is 0 Å². The Morgan fingerprint density at radius 1 is 0.829 bits per heavy atom. The number of rotatable bonds is 15. The maximum absolute atomic E-state index is 12.9. The van der Waals surface area contributed by atoms with Crippen molar-refractivity contribution in [3.63, 3.8) is 0 Å². The van der Waals surface area contributed by atoms with Crippen LogP contribution < -0.4 is 33.2 Å². The van der Waals surface area contributed by atoms with Gasteiger partial charge in [0, 0.05) is 18.3 Å². The minimum atomic E-state index is -1.86. The summed E-state index contributed by atoms with van der Waals surface area (Å²) < 4.78 is 0. The van der Waals surface area contributed by atoms with Gasteiger partial charge in [-0.3, -0.25) is 28.8 Å². The molecule has 1 aromatic rings. The molecule has 0 aliphatic rings. The van der Waals surface area contributed by atoms with E-state index >= 15 is 0 Å². The number of H-pyrrole nitrogens is 1. The summed E-state index contributed by atoms with van der Waals surface area (Å²) in [6.45, 7) is 0. The Hall–Kier alpha value is -4.54. The van der Waals surface area contributed by atoms with Crippen molar-refractivity contribution >= 4 is 41.5 Å². The Balaban J connectivity index is 3.08. The molecule has 0 saturated heterocycles. The zero-order valence-corrected chi connectivity index (χ0v) is 18.2. The Labute approximate surface area is 197 Å². The Bertz CT molecular complexity index is 965. The van der Waals surface area contributed by atoms with Crippen LogP contribution in [0.1, 0.15) is 25.0 Å². The average molecular weight is 498 g/mol. The molecule has 0 aromatic carbocycles. The van der Waals surface area contributed by atoms with Gasteiger partial charge in [-0.1, -0.05) is 0 Å². The Morgan fingerprint density at radius 3 is 1.86 bits per heavy atom. The van der Waals surface area contributed by atoms with Gasteiger partial charge in [0.2, 0.25) is 29.5 Å². The van der Waals surface area contributed by atoms with Crippen molar-refractivity contribution in [1.82, 2.24) is 25.9 Å². The lowest BCUT2D eigenvalue weighted by molar-refractivity contribution is -0.147. The summed E-state index contributed by atoms with van der Waals surface area (Å²) in [5.41, 5.74) is 16.1. The van der Waals surface area contributed by atoms with Gasteiger partial charge in [0.05, 0.1) is 31.6 Å². The van der Waals surface area contributed by atoms with Crippen LogP contribution in [-0.2, 0) is 40.0 Å². The number of amides is 5. The lowest BCUT2D eigenvalue weighted by Crippen LogP contribution is -2.58. The second-order valence-corrected chi connectivity index (χ2v) is 7.35. The molecule has 4 atom stereocenters. The molecular formula is C18H26N8O9. The highest BCUT2D eigenvalue weighted by Gasteiger charge is 2.32. The van der Waals surface area contributed by atoms with Gasteiger partial charge in [-0.2, -0.15) is 0 Å². The zero-order chi connectivity index (χ0) is 26.7. The predicted molar refractivity (Wildman–Crippen MR) is 114 cm³/mol. The quantitative estimate of drug-likeness (QED) is 0.110. The summed E-state index contributed by atoms with van der Waals surface area (Å²) in [5.74, 6) is -8.25. The number of aromatic amines is 1. The standard InChI is InChI=1S/C18H26N8O9/c19-8(2-12(20)27)15(31)24-9(1-7-5-22-6-23-7)16(32)25-10(3-13(21)28)17(33)26-11(18(34)35)4-14(29)30/h5-6,8-11H,1-4,19H2,(H2,20,27)(H2,21,28)(H,22,23)(H,24,31)(H,25,32)(H,26,33)(H,29,30)(H,34,35). The molecule has 0 bridgehead atoms. The number of carbonyl (C=O) groups excluding carboxylic acids is 5. The summed E-state index contributed by atoms with van der Waals surface area (Å²) in [6, 6.07) is -6.36. The summed E-state index contributed by atoms with van der Waals surface area (Å²) in [6.07, 6.45) is 0.173. The smallest absolute Gasteiger partial charge is 0.326 e. The Morgan fingerprint density at radius 2 is 1.37 bits per heavy atom. The summed E-state index contributed by atoms with van der Waals surface area (Å²) in [4.78, 5) is 88.8. The van der Waals surface area contributed by atoms with Crippen molar-refractivity contribution in [2.75, 3.05) is 0 Å². The van der Waals surface area contributed by atoms with E-state index in [2.05, 4.69) is 20.6 Å². The third kappa shape index (κ3) is 10.3. The van der Waals surface area contributed by atoms with Crippen molar-refractivity contribution < 1.29 is 43.8 Å². The fourth-order valence-corrected chi connectivity index (χ4v) is 2.74. The molecule has 12 N–H and O–H groups in total. The van der Waals surface area contributed by atoms with Gasteiger partial charge in [0.1, 0.15) is 18.1 Å². The van der Waals surface area contributed by atoms with E-state index in [1.54, 1.807) is 0 Å². The number of carbonyl (C=O) groups is 7. The number of hydrogen-bond donors (Lipinski definition) is 9. The van der Waals surface area contributed by atoms with Gasteiger partial charge in [-0.15, -0.1) is 0 Å². The monoisotopic (exact) mass is 498 g/mol. The van der Waals surface area contributed by atoms with Crippen LogP contribution in [0, 0.1) is 0 Å². The third-order valence-corrected chi connectivity index (χ3v) is 4.40. The van der Waals surface area contributed by atoms with E-state index in [-0.39, 0.29) is 6.42 Å². The van der Waals surface area contributed by atoms with Crippen molar-refractivity contribution in [3.05, 3.63) is 18.2 Å². The second kappa shape index (κ2) is 13.2. The molecule has 0 radical (unpaired) electrons. The first-order chi connectivity index (χ1) is 16.3. The van der Waals surface area contributed by atoms with Gasteiger partial charge >= 0.3 is 11.9 Å². The molecule has 5 amide bonds. The third-order valence-electron chi connectivity index (χ3n) is 4.40. The first-order valence-electron chi connectivity index (χ1n) is 9.95. The number of hydrogen-bond acceptors (Lipinski definition) is 9. The number of nitrogens with zero attached hydrogens (tertiary/aromatic N) is 1. The highest BCUT2D eigenvalue weighted by molar-refractivity contribution is 5.97. The molecule has 192 valence electrons. The number of carboxylic acids is 2. The van der Waals surface area contributed by atoms with Crippen LogP contribution in [0.25, 0.3) is 0 Å². The van der Waals surface area contributed by atoms with Gasteiger partial charge in [0.15, 0.2) is 0 Å². The number of carboxylic acid groups (broad SMARTS) is 2. The van der Waals surface area contributed by atoms with Crippen LogP contribution in [-0.4, -0.2) is 85.8 Å². The molecule has 4 unspecified atom stereocenters. The van der Waals surface area contributed by atoms with Crippen molar-refractivity contribution in [3.8, 4) is 0 Å². The average Bonchev–Trinajstić information content (AvgIpc) is 3.24. The molecule has 1 rings (SSSR count). The number of aromatic nitrogens is 2. The van der Waals surface area contributed by atoms with Crippen molar-refractivity contribution in [2.24, 2.45) is 17.2 Å². The number of primary amides is 2. The highest BCUT2D eigenvalue weighted by Crippen LogP contribution is 2.04. The molecular weight excluding hydrogens is 472 g/mol. The fourth-order valence-electron chi connectivity index (χ4n) is 2.74. The summed E-state index contributed by atoms with van der Waals surface area (Å²) in [5, 5.41) is 24.3. The van der Waals surface area contributed by atoms with Gasteiger partial charge in [-0.25, -0.2) is 9.78 Å². The number of nitrogens with one attached hydrogen (secondary N) is 4. The lowest BCUT2D eigenvalue weighted by atomic mass is 10.1. The molecule has 17 nitrogen and oxygen atoms in total. The molecule has 0 saturated carbocycles. The molecule has 35 heavy (non-hydrogen) atoms.